The highest BCUT2D eigenvalue weighted by Crippen LogP contribution is 2.41. The van der Waals surface area contributed by atoms with Crippen LogP contribution >= 0.6 is 0 Å². The Labute approximate surface area is 201 Å². The number of ether oxygens (including phenoxy) is 3. The first kappa shape index (κ1) is 27.0. The number of carbonyl (C=O) groups excluding carboxylic acids is 1. The number of nitrogens with one attached hydrogen (secondary N) is 1. The average molecular weight is 473 g/mol. The largest absolute Gasteiger partial charge is 0.497 e. The van der Waals surface area contributed by atoms with E-state index in [9.17, 15) is 9.59 Å². The van der Waals surface area contributed by atoms with Crippen LogP contribution in [0.5, 0.6) is 11.5 Å². The zero-order valence-corrected chi connectivity index (χ0v) is 20.7. The first-order valence-electron chi connectivity index (χ1n) is 11.4. The third kappa shape index (κ3) is 7.95. The van der Waals surface area contributed by atoms with E-state index in [-0.39, 0.29) is 24.7 Å². The normalized spacial score (nSPS) is 11.1. The van der Waals surface area contributed by atoms with Crippen LogP contribution in [0.1, 0.15) is 52.0 Å². The summed E-state index contributed by atoms with van der Waals surface area (Å²) in [6.45, 7) is 6.64. The number of anilines is 2. The summed E-state index contributed by atoms with van der Waals surface area (Å²) in [5.41, 5.74) is 1.83. The highest BCUT2D eigenvalue weighted by molar-refractivity contribution is 6.02. The van der Waals surface area contributed by atoms with Crippen molar-refractivity contribution >= 4 is 23.4 Å². The summed E-state index contributed by atoms with van der Waals surface area (Å²) in [7, 11) is 3.12. The number of unbranched alkanes of at least 4 members (excludes halogenated alkanes) is 2. The zero-order chi connectivity index (χ0) is 25.1. The SMILES string of the molecule is COCOc1c(NC(=O)N(CCCCCC(=O)O)c2ccccc2)cc(OC)cc1C(C)(C)C. The Kier molecular flexibility index (Phi) is 10.2. The highest BCUT2D eigenvalue weighted by Gasteiger charge is 2.25. The molecular weight excluding hydrogens is 436 g/mol. The Hall–Kier alpha value is -3.26. The van der Waals surface area contributed by atoms with Gasteiger partial charge in [0, 0.05) is 37.4 Å². The van der Waals surface area contributed by atoms with Crippen molar-refractivity contribution in [1.82, 2.24) is 0 Å². The lowest BCUT2D eigenvalue weighted by Crippen LogP contribution is -2.36. The van der Waals surface area contributed by atoms with E-state index < -0.39 is 5.97 Å². The molecule has 0 unspecified atom stereocenters. The van der Waals surface area contributed by atoms with Crippen LogP contribution in [0.25, 0.3) is 0 Å². The molecule has 0 fully saturated rings. The van der Waals surface area contributed by atoms with Crippen molar-refractivity contribution in [2.24, 2.45) is 0 Å². The molecule has 0 atom stereocenters. The Balaban J connectivity index is 2.34. The number of urea groups is 1. The maximum absolute atomic E-state index is 13.5. The molecule has 0 aliphatic rings. The van der Waals surface area contributed by atoms with E-state index in [1.54, 1.807) is 25.2 Å². The average Bonchev–Trinajstić information content (AvgIpc) is 2.79. The van der Waals surface area contributed by atoms with Crippen LogP contribution in [-0.2, 0) is 14.9 Å². The number of methoxy groups -OCH3 is 2. The summed E-state index contributed by atoms with van der Waals surface area (Å²) in [6, 6.07) is 12.7. The quantitative estimate of drug-likeness (QED) is 0.306. The van der Waals surface area contributed by atoms with Crippen LogP contribution in [0.3, 0.4) is 0 Å². The minimum absolute atomic E-state index is 0.0320. The number of rotatable bonds is 12. The van der Waals surface area contributed by atoms with Crippen molar-refractivity contribution in [2.45, 2.75) is 51.9 Å². The molecular formula is C26H36N2O6. The Bertz CT molecular complexity index is 940. The number of para-hydroxylation sites is 1. The lowest BCUT2D eigenvalue weighted by atomic mass is 9.85. The number of carboxylic acids is 1. The second-order valence-corrected chi connectivity index (χ2v) is 8.97. The minimum atomic E-state index is -0.811. The highest BCUT2D eigenvalue weighted by atomic mass is 16.7. The zero-order valence-electron chi connectivity index (χ0n) is 20.7. The standard InChI is InChI=1S/C26H36N2O6/c1-26(2,3)21-16-20(33-5)17-22(24(21)34-18-32-4)27-25(31)28(19-12-8-6-9-13-19)15-11-7-10-14-23(29)30/h6,8-9,12-13,16-17H,7,10-11,14-15,18H2,1-5H3,(H,27,31)(H,29,30). The smallest absolute Gasteiger partial charge is 0.326 e. The van der Waals surface area contributed by atoms with Crippen LogP contribution in [0.15, 0.2) is 42.5 Å². The number of carbonyl (C=O) groups is 2. The number of carboxylic acid groups (broad SMARTS) is 1. The van der Waals surface area contributed by atoms with Gasteiger partial charge in [0.25, 0.3) is 0 Å². The van der Waals surface area contributed by atoms with Gasteiger partial charge in [0.1, 0.15) is 11.5 Å². The van der Waals surface area contributed by atoms with Gasteiger partial charge in [-0.2, -0.15) is 0 Å². The fourth-order valence-electron chi connectivity index (χ4n) is 3.50. The van der Waals surface area contributed by atoms with Gasteiger partial charge in [0.15, 0.2) is 6.79 Å². The van der Waals surface area contributed by atoms with Crippen LogP contribution in [0.2, 0.25) is 0 Å². The Morgan fingerprint density at radius 1 is 1.03 bits per heavy atom. The number of nitrogens with zero attached hydrogens (tertiary/aromatic N) is 1. The molecule has 2 aromatic carbocycles. The Morgan fingerprint density at radius 2 is 1.74 bits per heavy atom. The predicted molar refractivity (Wildman–Crippen MR) is 133 cm³/mol. The van der Waals surface area contributed by atoms with E-state index in [4.69, 9.17) is 19.3 Å². The summed E-state index contributed by atoms with van der Waals surface area (Å²) in [4.78, 5) is 25.9. The van der Waals surface area contributed by atoms with Gasteiger partial charge < -0.3 is 24.6 Å². The minimum Gasteiger partial charge on any atom is -0.497 e. The topological polar surface area (TPSA) is 97.3 Å². The number of hydrogen-bond donors (Lipinski definition) is 2. The predicted octanol–water partition coefficient (Wildman–Crippen LogP) is 5.66. The molecule has 0 aromatic heterocycles. The van der Waals surface area contributed by atoms with E-state index >= 15 is 0 Å². The van der Waals surface area contributed by atoms with Gasteiger partial charge in [0.05, 0.1) is 12.8 Å². The summed E-state index contributed by atoms with van der Waals surface area (Å²) in [6.07, 6.45) is 2.07. The molecule has 0 aliphatic heterocycles. The lowest BCUT2D eigenvalue weighted by molar-refractivity contribution is -0.137. The summed E-state index contributed by atoms with van der Waals surface area (Å²) in [5.74, 6) is 0.316. The van der Waals surface area contributed by atoms with Crippen molar-refractivity contribution in [2.75, 3.05) is 37.8 Å². The molecule has 8 heteroatoms. The molecule has 0 saturated heterocycles. The first-order valence-corrected chi connectivity index (χ1v) is 11.4. The molecule has 0 spiro atoms. The summed E-state index contributed by atoms with van der Waals surface area (Å²) < 4.78 is 16.5. The van der Waals surface area contributed by atoms with E-state index in [0.717, 1.165) is 11.3 Å². The molecule has 0 heterocycles. The summed E-state index contributed by atoms with van der Waals surface area (Å²) >= 11 is 0. The van der Waals surface area contributed by atoms with Gasteiger partial charge in [-0.15, -0.1) is 0 Å². The van der Waals surface area contributed by atoms with Crippen molar-refractivity contribution in [3.63, 3.8) is 0 Å². The molecule has 0 saturated carbocycles. The van der Waals surface area contributed by atoms with Crippen LogP contribution in [0.4, 0.5) is 16.2 Å². The van der Waals surface area contributed by atoms with Gasteiger partial charge >= 0.3 is 12.0 Å². The second kappa shape index (κ2) is 12.8. The lowest BCUT2D eigenvalue weighted by Gasteiger charge is -2.27. The molecule has 2 aromatic rings. The fraction of sp³-hybridized carbons (Fsp3) is 0.462. The van der Waals surface area contributed by atoms with Gasteiger partial charge in [-0.05, 0) is 36.5 Å². The molecule has 2 amide bonds. The van der Waals surface area contributed by atoms with Gasteiger partial charge in [0.2, 0.25) is 0 Å². The Morgan fingerprint density at radius 3 is 2.32 bits per heavy atom. The van der Waals surface area contributed by atoms with Gasteiger partial charge in [-0.25, -0.2) is 4.79 Å². The van der Waals surface area contributed by atoms with Gasteiger partial charge in [-0.3, -0.25) is 9.69 Å². The molecule has 0 radical (unpaired) electrons. The molecule has 2 rings (SSSR count). The summed E-state index contributed by atoms with van der Waals surface area (Å²) in [5, 5.41) is 11.9. The number of hydrogen-bond acceptors (Lipinski definition) is 5. The van der Waals surface area contributed by atoms with E-state index in [2.05, 4.69) is 26.1 Å². The second-order valence-electron chi connectivity index (χ2n) is 8.97. The van der Waals surface area contributed by atoms with Gasteiger partial charge in [-0.1, -0.05) is 45.4 Å². The maximum Gasteiger partial charge on any atom is 0.326 e. The molecule has 186 valence electrons. The molecule has 0 aliphatic carbocycles. The van der Waals surface area contributed by atoms with Crippen molar-refractivity contribution in [3.8, 4) is 11.5 Å². The number of benzene rings is 2. The molecule has 0 bridgehead atoms. The number of amides is 2. The van der Waals surface area contributed by atoms with E-state index in [0.29, 0.717) is 43.0 Å². The van der Waals surface area contributed by atoms with Crippen molar-refractivity contribution in [1.29, 1.82) is 0 Å². The monoisotopic (exact) mass is 472 g/mol. The molecule has 34 heavy (non-hydrogen) atoms. The first-order chi connectivity index (χ1) is 16.2. The third-order valence-electron chi connectivity index (χ3n) is 5.25. The van der Waals surface area contributed by atoms with Crippen LogP contribution in [-0.4, -0.2) is 44.7 Å². The maximum atomic E-state index is 13.5. The van der Waals surface area contributed by atoms with Crippen LogP contribution in [0, 0.1) is 0 Å². The number of aliphatic carboxylic acids is 1. The van der Waals surface area contributed by atoms with Crippen LogP contribution < -0.4 is 19.7 Å². The third-order valence-corrected chi connectivity index (χ3v) is 5.25. The van der Waals surface area contributed by atoms with E-state index in [1.807, 2.05) is 36.4 Å². The van der Waals surface area contributed by atoms with Crippen molar-refractivity contribution < 1.29 is 28.9 Å². The fourth-order valence-corrected chi connectivity index (χ4v) is 3.50. The molecule has 8 nitrogen and oxygen atoms in total. The van der Waals surface area contributed by atoms with E-state index in [1.165, 1.54) is 0 Å². The molecule has 2 N–H and O–H groups in total. The van der Waals surface area contributed by atoms with Crippen molar-refractivity contribution in [3.05, 3.63) is 48.0 Å².